The molecule has 1 aliphatic carbocycles. The molecular formula is C25H26N8O2S. The summed E-state index contributed by atoms with van der Waals surface area (Å²) in [6.07, 6.45) is 11.2. The van der Waals surface area contributed by atoms with Crippen LogP contribution in [-0.4, -0.2) is 61.2 Å². The minimum absolute atomic E-state index is 0.0219. The van der Waals surface area contributed by atoms with E-state index in [1.165, 1.54) is 10.4 Å². The Kier molecular flexibility index (Phi) is 5.76. The maximum absolute atomic E-state index is 13.2. The number of aromatic amines is 1. The molecule has 2 N–H and O–H groups in total. The summed E-state index contributed by atoms with van der Waals surface area (Å²) < 4.78 is 7.60. The van der Waals surface area contributed by atoms with E-state index in [0.717, 1.165) is 58.4 Å². The first-order valence-corrected chi connectivity index (χ1v) is 12.7. The van der Waals surface area contributed by atoms with Gasteiger partial charge in [0, 0.05) is 54.8 Å². The Balaban J connectivity index is 1.24. The zero-order valence-electron chi connectivity index (χ0n) is 20.1. The summed E-state index contributed by atoms with van der Waals surface area (Å²) in [6.45, 7) is 1.40. The van der Waals surface area contributed by atoms with Gasteiger partial charge in [-0.2, -0.15) is 5.10 Å². The summed E-state index contributed by atoms with van der Waals surface area (Å²) in [7, 11) is 3.53. The highest BCUT2D eigenvalue weighted by Gasteiger charge is 2.30. The number of aromatic nitrogens is 6. The number of nitrogens with zero attached hydrogens (tertiary/aromatic N) is 6. The molecule has 0 saturated carbocycles. The molecule has 0 saturated heterocycles. The predicted octanol–water partition coefficient (Wildman–Crippen LogP) is 3.78. The zero-order valence-corrected chi connectivity index (χ0v) is 20.9. The van der Waals surface area contributed by atoms with Crippen LogP contribution >= 0.6 is 11.3 Å². The molecule has 11 heteroatoms. The van der Waals surface area contributed by atoms with Crippen molar-refractivity contribution in [3.05, 3.63) is 53.8 Å². The van der Waals surface area contributed by atoms with Gasteiger partial charge in [0.15, 0.2) is 0 Å². The lowest BCUT2D eigenvalue weighted by atomic mass is 9.87. The van der Waals surface area contributed by atoms with E-state index >= 15 is 0 Å². The number of methoxy groups -OCH3 is 1. The van der Waals surface area contributed by atoms with Crippen molar-refractivity contribution in [1.82, 2.24) is 34.6 Å². The van der Waals surface area contributed by atoms with Crippen molar-refractivity contribution in [2.45, 2.75) is 25.8 Å². The topological polar surface area (TPSA) is 114 Å². The van der Waals surface area contributed by atoms with Gasteiger partial charge in [-0.3, -0.25) is 9.89 Å². The van der Waals surface area contributed by atoms with Crippen molar-refractivity contribution in [3.63, 3.8) is 0 Å². The van der Waals surface area contributed by atoms with E-state index in [1.54, 1.807) is 43.5 Å². The Morgan fingerprint density at radius 3 is 3.11 bits per heavy atom. The number of nitrogens with one attached hydrogen (secondary N) is 2. The van der Waals surface area contributed by atoms with E-state index < -0.39 is 0 Å². The molecule has 1 amide bonds. The minimum Gasteiger partial charge on any atom is -0.494 e. The molecule has 6 rings (SSSR count). The molecule has 4 aromatic heterocycles. The fourth-order valence-corrected chi connectivity index (χ4v) is 6.15. The number of carbonyl (C=O) groups excluding carboxylic acids is 1. The normalized spacial score (nSPS) is 15.2. The highest BCUT2D eigenvalue weighted by molar-refractivity contribution is 7.19. The van der Waals surface area contributed by atoms with E-state index in [1.807, 2.05) is 34.8 Å². The quantitative estimate of drug-likeness (QED) is 0.348. The van der Waals surface area contributed by atoms with Crippen molar-refractivity contribution in [2.24, 2.45) is 5.92 Å². The van der Waals surface area contributed by atoms with Crippen LogP contribution < -0.4 is 10.1 Å². The van der Waals surface area contributed by atoms with Crippen molar-refractivity contribution < 1.29 is 9.53 Å². The number of H-pyrrole nitrogens is 1. The molecule has 36 heavy (non-hydrogen) atoms. The molecule has 1 atom stereocenters. The SMILES string of the molecule is COc1cc2[nH]ncc2cc1Nc1ncnc2sc3c(c12)CC[C@H](C(=O)N(C)CCn1ccnc1)C3. The van der Waals surface area contributed by atoms with Gasteiger partial charge in [0.05, 0.1) is 36.2 Å². The van der Waals surface area contributed by atoms with Crippen molar-refractivity contribution in [2.75, 3.05) is 26.0 Å². The van der Waals surface area contributed by atoms with Gasteiger partial charge in [-0.25, -0.2) is 15.0 Å². The number of hydrogen-bond acceptors (Lipinski definition) is 8. The monoisotopic (exact) mass is 502 g/mol. The maximum Gasteiger partial charge on any atom is 0.225 e. The number of benzene rings is 1. The summed E-state index contributed by atoms with van der Waals surface area (Å²) in [6, 6.07) is 3.92. The van der Waals surface area contributed by atoms with Crippen LogP contribution in [0, 0.1) is 5.92 Å². The van der Waals surface area contributed by atoms with Crippen LogP contribution in [0.3, 0.4) is 0 Å². The molecule has 1 aromatic carbocycles. The molecule has 10 nitrogen and oxygen atoms in total. The second-order valence-electron chi connectivity index (χ2n) is 9.04. The molecule has 0 unspecified atom stereocenters. The summed E-state index contributed by atoms with van der Waals surface area (Å²) in [5.74, 6) is 1.62. The Morgan fingerprint density at radius 2 is 2.28 bits per heavy atom. The van der Waals surface area contributed by atoms with Gasteiger partial charge in [0.2, 0.25) is 5.91 Å². The van der Waals surface area contributed by atoms with E-state index in [2.05, 4.69) is 30.5 Å². The van der Waals surface area contributed by atoms with E-state index in [-0.39, 0.29) is 11.8 Å². The minimum atomic E-state index is -0.0219. The predicted molar refractivity (Wildman–Crippen MR) is 139 cm³/mol. The largest absolute Gasteiger partial charge is 0.494 e. The van der Waals surface area contributed by atoms with Gasteiger partial charge >= 0.3 is 0 Å². The average molecular weight is 503 g/mol. The number of fused-ring (bicyclic) bond motifs is 4. The third-order valence-electron chi connectivity index (χ3n) is 6.84. The number of anilines is 2. The maximum atomic E-state index is 13.2. The number of amides is 1. The van der Waals surface area contributed by atoms with Gasteiger partial charge < -0.3 is 19.5 Å². The van der Waals surface area contributed by atoms with Crippen LogP contribution in [0.25, 0.3) is 21.1 Å². The molecule has 0 aliphatic heterocycles. The Bertz CT molecular complexity index is 1540. The number of ether oxygens (including phenoxy) is 1. The van der Waals surface area contributed by atoms with E-state index in [0.29, 0.717) is 12.3 Å². The first-order valence-electron chi connectivity index (χ1n) is 11.8. The summed E-state index contributed by atoms with van der Waals surface area (Å²) in [4.78, 5) is 30.4. The van der Waals surface area contributed by atoms with Crippen molar-refractivity contribution in [1.29, 1.82) is 0 Å². The second kappa shape index (κ2) is 9.23. The van der Waals surface area contributed by atoms with Crippen LogP contribution in [0.15, 0.2) is 43.4 Å². The third-order valence-corrected chi connectivity index (χ3v) is 8.00. The summed E-state index contributed by atoms with van der Waals surface area (Å²) in [5.41, 5.74) is 2.96. The highest BCUT2D eigenvalue weighted by Crippen LogP contribution is 2.41. The van der Waals surface area contributed by atoms with Crippen LogP contribution in [0.1, 0.15) is 16.9 Å². The first kappa shape index (κ1) is 22.5. The number of thiophene rings is 1. The lowest BCUT2D eigenvalue weighted by molar-refractivity contribution is -0.134. The van der Waals surface area contributed by atoms with Gasteiger partial charge in [-0.1, -0.05) is 0 Å². The van der Waals surface area contributed by atoms with Gasteiger partial charge in [-0.05, 0) is 30.9 Å². The fraction of sp³-hybridized carbons (Fsp3) is 0.320. The Labute approximate surface area is 211 Å². The van der Waals surface area contributed by atoms with Gasteiger partial charge in [-0.15, -0.1) is 11.3 Å². The molecule has 0 bridgehead atoms. The lowest BCUT2D eigenvalue weighted by Crippen LogP contribution is -2.37. The molecule has 0 fully saturated rings. The lowest BCUT2D eigenvalue weighted by Gasteiger charge is -2.27. The third kappa shape index (κ3) is 4.05. The standard InChI is InChI=1S/C25H26N8O2S/c1-32(7-8-33-6-5-26-14-33)25(34)15-3-4-17-21(10-15)36-24-22(17)23(27-13-28-24)30-19-9-16-12-29-31-18(16)11-20(19)35-2/h5-6,9,11-15H,3-4,7-8,10H2,1-2H3,(H,29,31)(H,27,28,30)/t15-/m0/s1. The van der Waals surface area contributed by atoms with Crippen LogP contribution in [-0.2, 0) is 24.2 Å². The molecule has 0 radical (unpaired) electrons. The number of aryl methyl sites for hydroxylation is 1. The number of rotatable bonds is 7. The molecule has 184 valence electrons. The Morgan fingerprint density at radius 1 is 1.36 bits per heavy atom. The number of likely N-dealkylation sites (N-methyl/N-ethyl adjacent to an activating group) is 1. The molecule has 1 aliphatic rings. The molecular weight excluding hydrogens is 476 g/mol. The van der Waals surface area contributed by atoms with Crippen LogP contribution in [0.5, 0.6) is 5.75 Å². The zero-order chi connectivity index (χ0) is 24.6. The van der Waals surface area contributed by atoms with Gasteiger partial charge in [0.1, 0.15) is 22.7 Å². The number of imidazole rings is 1. The first-order chi connectivity index (χ1) is 17.6. The van der Waals surface area contributed by atoms with Gasteiger partial charge in [0.25, 0.3) is 0 Å². The number of hydrogen-bond donors (Lipinski definition) is 2. The van der Waals surface area contributed by atoms with Crippen LogP contribution in [0.2, 0.25) is 0 Å². The van der Waals surface area contributed by atoms with E-state index in [9.17, 15) is 4.79 Å². The molecule has 5 aromatic rings. The van der Waals surface area contributed by atoms with E-state index in [4.69, 9.17) is 4.74 Å². The van der Waals surface area contributed by atoms with Crippen molar-refractivity contribution in [3.8, 4) is 5.75 Å². The number of carbonyl (C=O) groups is 1. The fourth-order valence-electron chi connectivity index (χ4n) is 4.89. The van der Waals surface area contributed by atoms with Crippen molar-refractivity contribution >= 4 is 49.9 Å². The van der Waals surface area contributed by atoms with Crippen LogP contribution in [0.4, 0.5) is 11.5 Å². The summed E-state index contributed by atoms with van der Waals surface area (Å²) in [5, 5.41) is 12.6. The smallest absolute Gasteiger partial charge is 0.225 e. The molecule has 4 heterocycles. The average Bonchev–Trinajstić information content (AvgIpc) is 3.65. The Hall–Kier alpha value is -3.99. The summed E-state index contributed by atoms with van der Waals surface area (Å²) >= 11 is 1.66. The second-order valence-corrected chi connectivity index (χ2v) is 10.1. The highest BCUT2D eigenvalue weighted by atomic mass is 32.1. The molecule has 0 spiro atoms.